The van der Waals surface area contributed by atoms with Crippen LogP contribution in [0.1, 0.15) is 12.8 Å². The molecule has 1 saturated heterocycles. The van der Waals surface area contributed by atoms with E-state index in [0.717, 1.165) is 19.4 Å². The third kappa shape index (κ3) is 3.68. The van der Waals surface area contributed by atoms with Gasteiger partial charge in [-0.2, -0.15) is 0 Å². The Morgan fingerprint density at radius 3 is 2.89 bits per heavy atom. The first kappa shape index (κ1) is 14.8. The van der Waals surface area contributed by atoms with Crippen LogP contribution in [0, 0.1) is 0 Å². The van der Waals surface area contributed by atoms with Gasteiger partial charge in [-0.3, -0.25) is 0 Å². The molecule has 0 unspecified atom stereocenters. The van der Waals surface area contributed by atoms with Gasteiger partial charge in [-0.1, -0.05) is 15.9 Å². The molecule has 0 radical (unpaired) electrons. The number of hydrogen-bond donors (Lipinski definition) is 2. The molecule has 0 amide bonds. The van der Waals surface area contributed by atoms with E-state index >= 15 is 0 Å². The number of piperidine rings is 1. The molecule has 0 aromatic heterocycles. The van der Waals surface area contributed by atoms with Crippen LogP contribution in [-0.4, -0.2) is 34.7 Å². The minimum Gasteiger partial charge on any atom is -0.495 e. The van der Waals surface area contributed by atoms with E-state index in [4.69, 9.17) is 4.74 Å². The molecule has 1 aliphatic rings. The number of ether oxygens (including phenoxy) is 1. The largest absolute Gasteiger partial charge is 0.495 e. The van der Waals surface area contributed by atoms with Gasteiger partial charge in [0.05, 0.1) is 7.11 Å². The predicted octanol–water partition coefficient (Wildman–Crippen LogP) is 1.49. The number of halogens is 1. The molecule has 7 heteroatoms. The monoisotopic (exact) mass is 348 g/mol. The van der Waals surface area contributed by atoms with Crippen molar-refractivity contribution < 1.29 is 13.2 Å². The van der Waals surface area contributed by atoms with Crippen molar-refractivity contribution in [2.24, 2.45) is 0 Å². The Morgan fingerprint density at radius 1 is 1.47 bits per heavy atom. The van der Waals surface area contributed by atoms with Gasteiger partial charge in [-0.05, 0) is 37.6 Å². The highest BCUT2D eigenvalue weighted by atomic mass is 79.9. The average molecular weight is 349 g/mol. The highest BCUT2D eigenvalue weighted by Crippen LogP contribution is 2.27. The van der Waals surface area contributed by atoms with Gasteiger partial charge in [0, 0.05) is 17.1 Å². The molecule has 106 valence electrons. The maximum atomic E-state index is 12.4. The Morgan fingerprint density at radius 2 is 2.26 bits per heavy atom. The van der Waals surface area contributed by atoms with Gasteiger partial charge in [0.2, 0.25) is 10.0 Å². The van der Waals surface area contributed by atoms with E-state index in [1.54, 1.807) is 18.2 Å². The van der Waals surface area contributed by atoms with E-state index in [9.17, 15) is 8.42 Å². The average Bonchev–Trinajstić information content (AvgIpc) is 2.39. The highest BCUT2D eigenvalue weighted by Gasteiger charge is 2.24. The van der Waals surface area contributed by atoms with Crippen molar-refractivity contribution in [3.05, 3.63) is 22.7 Å². The Kier molecular flexibility index (Phi) is 4.83. The number of hydrogen-bond acceptors (Lipinski definition) is 4. The maximum absolute atomic E-state index is 12.4. The molecule has 5 nitrogen and oxygen atoms in total. The van der Waals surface area contributed by atoms with Crippen LogP contribution in [0.3, 0.4) is 0 Å². The van der Waals surface area contributed by atoms with E-state index in [0.29, 0.717) is 16.8 Å². The van der Waals surface area contributed by atoms with Crippen LogP contribution in [0.25, 0.3) is 0 Å². The van der Waals surface area contributed by atoms with Crippen molar-refractivity contribution in [2.45, 2.75) is 23.8 Å². The molecule has 0 bridgehead atoms. The van der Waals surface area contributed by atoms with Crippen LogP contribution in [0.15, 0.2) is 27.6 Å². The molecule has 0 saturated carbocycles. The van der Waals surface area contributed by atoms with E-state index in [2.05, 4.69) is 26.0 Å². The third-order valence-corrected chi connectivity index (χ3v) is 5.07. The Labute approximate surface area is 121 Å². The van der Waals surface area contributed by atoms with Crippen molar-refractivity contribution in [3.8, 4) is 5.75 Å². The van der Waals surface area contributed by atoms with Crippen molar-refractivity contribution in [2.75, 3.05) is 20.2 Å². The topological polar surface area (TPSA) is 67.4 Å². The third-order valence-electron chi connectivity index (χ3n) is 3.03. The first-order chi connectivity index (χ1) is 9.03. The zero-order valence-corrected chi connectivity index (χ0v) is 13.1. The lowest BCUT2D eigenvalue weighted by Gasteiger charge is -2.24. The van der Waals surface area contributed by atoms with Crippen LogP contribution in [0.4, 0.5) is 0 Å². The van der Waals surface area contributed by atoms with E-state index in [-0.39, 0.29) is 10.9 Å². The first-order valence-corrected chi connectivity index (χ1v) is 8.37. The minimum absolute atomic E-state index is 0.0672. The summed E-state index contributed by atoms with van der Waals surface area (Å²) < 4.78 is 33.3. The highest BCUT2D eigenvalue weighted by molar-refractivity contribution is 9.10. The molecule has 19 heavy (non-hydrogen) atoms. The normalized spacial score (nSPS) is 20.2. The van der Waals surface area contributed by atoms with E-state index in [1.165, 1.54) is 7.11 Å². The summed E-state index contributed by atoms with van der Waals surface area (Å²) in [5, 5.41) is 3.18. The number of methoxy groups -OCH3 is 1. The summed E-state index contributed by atoms with van der Waals surface area (Å²) in [5.74, 6) is 0.347. The summed E-state index contributed by atoms with van der Waals surface area (Å²) >= 11 is 3.28. The molecule has 1 fully saturated rings. The van der Waals surface area contributed by atoms with Crippen LogP contribution in [0.5, 0.6) is 5.75 Å². The number of benzene rings is 1. The van der Waals surface area contributed by atoms with Crippen molar-refractivity contribution >= 4 is 26.0 Å². The van der Waals surface area contributed by atoms with Crippen molar-refractivity contribution in [3.63, 3.8) is 0 Å². The van der Waals surface area contributed by atoms with Crippen molar-refractivity contribution in [1.29, 1.82) is 0 Å². The van der Waals surface area contributed by atoms with Crippen LogP contribution in [0.2, 0.25) is 0 Å². The summed E-state index contributed by atoms with van der Waals surface area (Å²) in [7, 11) is -2.11. The molecule has 1 aromatic rings. The minimum atomic E-state index is -3.57. The fraction of sp³-hybridized carbons (Fsp3) is 0.500. The van der Waals surface area contributed by atoms with Crippen LogP contribution in [-0.2, 0) is 10.0 Å². The second kappa shape index (κ2) is 6.21. The van der Waals surface area contributed by atoms with Gasteiger partial charge in [0.1, 0.15) is 10.6 Å². The molecule has 2 rings (SSSR count). The molecule has 1 heterocycles. The molecular weight excluding hydrogens is 332 g/mol. The fourth-order valence-corrected chi connectivity index (χ4v) is 4.07. The zero-order valence-electron chi connectivity index (χ0n) is 10.6. The fourth-order valence-electron chi connectivity index (χ4n) is 2.10. The van der Waals surface area contributed by atoms with Crippen molar-refractivity contribution in [1.82, 2.24) is 10.0 Å². The Balaban J connectivity index is 2.25. The number of nitrogens with one attached hydrogen (secondary N) is 2. The van der Waals surface area contributed by atoms with Gasteiger partial charge in [-0.25, -0.2) is 13.1 Å². The molecule has 2 N–H and O–H groups in total. The standard InChI is InChI=1S/C12H17BrN2O3S/c1-18-11-5-4-9(13)7-12(11)19(16,17)15-10-3-2-6-14-8-10/h4-5,7,10,14-15H,2-3,6,8H2,1H3/t10-/m0/s1. The second-order valence-electron chi connectivity index (χ2n) is 4.46. The lowest BCUT2D eigenvalue weighted by atomic mass is 10.1. The molecular formula is C12H17BrN2O3S. The van der Waals surface area contributed by atoms with Gasteiger partial charge < -0.3 is 10.1 Å². The van der Waals surface area contributed by atoms with Crippen LogP contribution < -0.4 is 14.8 Å². The van der Waals surface area contributed by atoms with Gasteiger partial charge >= 0.3 is 0 Å². The summed E-state index contributed by atoms with van der Waals surface area (Å²) in [4.78, 5) is 0.162. The molecule has 1 aliphatic heterocycles. The number of rotatable bonds is 4. The number of sulfonamides is 1. The van der Waals surface area contributed by atoms with Crippen LogP contribution >= 0.6 is 15.9 Å². The summed E-state index contributed by atoms with van der Waals surface area (Å²) in [5.41, 5.74) is 0. The predicted molar refractivity (Wildman–Crippen MR) is 76.9 cm³/mol. The second-order valence-corrected chi connectivity index (χ2v) is 7.06. The van der Waals surface area contributed by atoms with Gasteiger partial charge in [0.15, 0.2) is 0 Å². The smallest absolute Gasteiger partial charge is 0.244 e. The molecule has 0 spiro atoms. The lowest BCUT2D eigenvalue weighted by molar-refractivity contribution is 0.399. The Bertz CT molecular complexity index is 542. The summed E-state index contributed by atoms with van der Waals surface area (Å²) in [6, 6.07) is 4.87. The summed E-state index contributed by atoms with van der Waals surface area (Å²) in [6.45, 7) is 1.61. The molecule has 1 atom stereocenters. The molecule has 1 aromatic carbocycles. The van der Waals surface area contributed by atoms with E-state index in [1.807, 2.05) is 0 Å². The first-order valence-electron chi connectivity index (χ1n) is 6.09. The Hall–Kier alpha value is -0.630. The molecule has 0 aliphatic carbocycles. The SMILES string of the molecule is COc1ccc(Br)cc1S(=O)(=O)N[C@H]1CCCNC1. The lowest BCUT2D eigenvalue weighted by Crippen LogP contribution is -2.45. The van der Waals surface area contributed by atoms with Gasteiger partial charge in [0.25, 0.3) is 0 Å². The van der Waals surface area contributed by atoms with E-state index < -0.39 is 10.0 Å². The zero-order chi connectivity index (χ0) is 13.9. The van der Waals surface area contributed by atoms with Gasteiger partial charge in [-0.15, -0.1) is 0 Å². The summed E-state index contributed by atoms with van der Waals surface area (Å²) in [6.07, 6.45) is 1.82. The quantitative estimate of drug-likeness (QED) is 0.864. The maximum Gasteiger partial charge on any atom is 0.244 e.